The first-order valence-corrected chi connectivity index (χ1v) is 2.17. The molecule has 0 bridgehead atoms. The van der Waals surface area contributed by atoms with Crippen molar-refractivity contribution < 1.29 is 50.0 Å². The summed E-state index contributed by atoms with van der Waals surface area (Å²) >= 11 is 0. The smallest absolute Gasteiger partial charge is 0.481 e. The van der Waals surface area contributed by atoms with Gasteiger partial charge in [-0.05, 0) is 0 Å². The summed E-state index contributed by atoms with van der Waals surface area (Å²) in [6.07, 6.45) is -5.08. The van der Waals surface area contributed by atoms with E-state index in [4.69, 9.17) is 19.8 Å². The van der Waals surface area contributed by atoms with Crippen molar-refractivity contribution in [2.24, 2.45) is 0 Å². The Labute approximate surface area is 75.8 Å². The van der Waals surface area contributed by atoms with Crippen LogP contribution in [0.4, 0.5) is 13.2 Å². The van der Waals surface area contributed by atoms with Crippen LogP contribution >= 0.6 is 0 Å². The number of aliphatic carboxylic acids is 2. The van der Waals surface area contributed by atoms with Crippen LogP contribution in [0.1, 0.15) is 6.92 Å². The van der Waals surface area contributed by atoms with E-state index in [1.165, 1.54) is 0 Å². The average molecular weight is 238 g/mol. The topological polar surface area (TPSA) is 74.6 Å². The fourth-order valence-corrected chi connectivity index (χ4v) is 0. The summed E-state index contributed by atoms with van der Waals surface area (Å²) in [6, 6.07) is 0. The molecule has 0 atom stereocenters. The zero-order valence-electron chi connectivity index (χ0n) is 5.65. The quantitative estimate of drug-likeness (QED) is 0.609. The molecule has 0 aliphatic rings. The Morgan fingerprint density at radius 2 is 1.25 bits per heavy atom. The van der Waals surface area contributed by atoms with E-state index >= 15 is 0 Å². The van der Waals surface area contributed by atoms with Crippen LogP contribution in [0.15, 0.2) is 0 Å². The summed E-state index contributed by atoms with van der Waals surface area (Å²) < 4.78 is 31.7. The van der Waals surface area contributed by atoms with Gasteiger partial charge in [-0.1, -0.05) is 0 Å². The predicted octanol–water partition coefficient (Wildman–Crippen LogP) is 0.722. The van der Waals surface area contributed by atoms with Gasteiger partial charge < -0.3 is 10.2 Å². The SMILES string of the molecule is CC(=O)O.O=C(O)C(F)(F)F.[Cu]. The Hall–Kier alpha value is -0.751. The van der Waals surface area contributed by atoms with E-state index in [0.717, 1.165) is 6.92 Å². The summed E-state index contributed by atoms with van der Waals surface area (Å²) in [5.41, 5.74) is 0. The summed E-state index contributed by atoms with van der Waals surface area (Å²) in [7, 11) is 0. The molecule has 4 nitrogen and oxygen atoms in total. The van der Waals surface area contributed by atoms with Gasteiger partial charge in [0.15, 0.2) is 0 Å². The molecule has 0 aromatic heterocycles. The number of carbonyl (C=O) groups is 2. The van der Waals surface area contributed by atoms with E-state index in [1.807, 2.05) is 0 Å². The molecule has 0 aromatic carbocycles. The van der Waals surface area contributed by atoms with E-state index in [1.54, 1.807) is 0 Å². The number of alkyl halides is 3. The van der Waals surface area contributed by atoms with E-state index in [0.29, 0.717) is 0 Å². The zero-order valence-corrected chi connectivity index (χ0v) is 6.59. The molecule has 0 aliphatic heterocycles. The normalized spacial score (nSPS) is 8.67. The number of hydrogen-bond acceptors (Lipinski definition) is 2. The summed E-state index contributed by atoms with van der Waals surface area (Å²) in [5.74, 6) is -3.59. The maximum absolute atomic E-state index is 10.6. The third kappa shape index (κ3) is 22.8. The zero-order chi connectivity index (χ0) is 9.65. The molecule has 0 rings (SSSR count). The number of hydrogen-bond donors (Lipinski definition) is 2. The van der Waals surface area contributed by atoms with Crippen molar-refractivity contribution in [1.82, 2.24) is 0 Å². The van der Waals surface area contributed by atoms with Gasteiger partial charge >= 0.3 is 12.1 Å². The second kappa shape index (κ2) is 6.93. The van der Waals surface area contributed by atoms with Crippen molar-refractivity contribution in [2.45, 2.75) is 13.1 Å². The Kier molecular flexibility index (Phi) is 10.0. The Bertz CT molecular complexity index is 151. The number of halogens is 3. The Morgan fingerprint density at radius 1 is 1.17 bits per heavy atom. The van der Waals surface area contributed by atoms with E-state index < -0.39 is 18.1 Å². The molecule has 0 aliphatic carbocycles. The molecule has 0 amide bonds. The van der Waals surface area contributed by atoms with Crippen LogP contribution in [0, 0.1) is 0 Å². The molecular weight excluding hydrogens is 233 g/mol. The van der Waals surface area contributed by atoms with Crippen molar-refractivity contribution >= 4 is 11.9 Å². The molecule has 2 N–H and O–H groups in total. The number of rotatable bonds is 0. The first-order chi connectivity index (χ1) is 4.68. The fraction of sp³-hybridized carbons (Fsp3) is 0.500. The molecular formula is C4H5CuF3O4. The van der Waals surface area contributed by atoms with Gasteiger partial charge in [0, 0.05) is 24.0 Å². The van der Waals surface area contributed by atoms with Crippen molar-refractivity contribution in [3.05, 3.63) is 0 Å². The second-order valence-electron chi connectivity index (χ2n) is 1.32. The maximum Gasteiger partial charge on any atom is 0.490 e. The van der Waals surface area contributed by atoms with Gasteiger partial charge in [0.25, 0.3) is 5.97 Å². The van der Waals surface area contributed by atoms with Gasteiger partial charge in [0.05, 0.1) is 0 Å². The molecule has 12 heavy (non-hydrogen) atoms. The second-order valence-corrected chi connectivity index (χ2v) is 1.32. The first-order valence-electron chi connectivity index (χ1n) is 2.17. The third-order valence-electron chi connectivity index (χ3n) is 0.243. The minimum absolute atomic E-state index is 0. The standard InChI is InChI=1S/C2HF3O2.C2H4O2.Cu/c3-2(4,5)1(6)7;1-2(3)4;/h(H,6,7);1H3,(H,3,4);. The van der Waals surface area contributed by atoms with Crippen molar-refractivity contribution in [1.29, 1.82) is 0 Å². The van der Waals surface area contributed by atoms with Crippen LogP contribution < -0.4 is 0 Å². The van der Waals surface area contributed by atoms with Crippen LogP contribution in [0.3, 0.4) is 0 Å². The molecule has 0 saturated heterocycles. The van der Waals surface area contributed by atoms with Crippen LogP contribution in [0.25, 0.3) is 0 Å². The molecule has 0 aromatic rings. The van der Waals surface area contributed by atoms with Crippen molar-refractivity contribution in [2.75, 3.05) is 0 Å². The van der Waals surface area contributed by atoms with E-state index in [9.17, 15) is 13.2 Å². The van der Waals surface area contributed by atoms with E-state index in [2.05, 4.69) is 0 Å². The third-order valence-corrected chi connectivity index (χ3v) is 0.243. The fourth-order valence-electron chi connectivity index (χ4n) is 0. The first kappa shape index (κ1) is 17.4. The number of carboxylic acid groups (broad SMARTS) is 2. The molecule has 1 radical (unpaired) electrons. The van der Waals surface area contributed by atoms with Gasteiger partial charge in [0.2, 0.25) is 0 Å². The van der Waals surface area contributed by atoms with Gasteiger partial charge in [-0.3, -0.25) is 4.79 Å². The number of carboxylic acids is 2. The minimum atomic E-state index is -5.08. The summed E-state index contributed by atoms with van der Waals surface area (Å²) in [4.78, 5) is 17.9. The Morgan fingerprint density at radius 3 is 1.25 bits per heavy atom. The molecule has 0 unspecified atom stereocenters. The van der Waals surface area contributed by atoms with Gasteiger partial charge in [0.1, 0.15) is 0 Å². The van der Waals surface area contributed by atoms with Crippen LogP contribution in [0.5, 0.6) is 0 Å². The molecule has 0 spiro atoms. The van der Waals surface area contributed by atoms with E-state index in [-0.39, 0.29) is 17.1 Å². The largest absolute Gasteiger partial charge is 0.490 e. The van der Waals surface area contributed by atoms with Crippen LogP contribution in [-0.2, 0) is 26.7 Å². The van der Waals surface area contributed by atoms with Crippen LogP contribution in [-0.4, -0.2) is 28.3 Å². The summed E-state index contributed by atoms with van der Waals surface area (Å²) in [5, 5.41) is 14.5. The molecule has 77 valence electrons. The molecule has 0 fully saturated rings. The van der Waals surface area contributed by atoms with Crippen molar-refractivity contribution in [3.8, 4) is 0 Å². The minimum Gasteiger partial charge on any atom is -0.481 e. The van der Waals surface area contributed by atoms with Gasteiger partial charge in [-0.2, -0.15) is 13.2 Å². The Balaban J connectivity index is -0.000000142. The molecule has 8 heteroatoms. The predicted molar refractivity (Wildman–Crippen MR) is 27.0 cm³/mol. The van der Waals surface area contributed by atoms with Crippen LogP contribution in [0.2, 0.25) is 0 Å². The van der Waals surface area contributed by atoms with Gasteiger partial charge in [-0.15, -0.1) is 0 Å². The molecule has 0 saturated carbocycles. The monoisotopic (exact) mass is 237 g/mol. The maximum atomic E-state index is 10.6. The summed E-state index contributed by atoms with van der Waals surface area (Å²) in [6.45, 7) is 1.08. The van der Waals surface area contributed by atoms with Gasteiger partial charge in [-0.25, -0.2) is 4.79 Å². The average Bonchev–Trinajstić information content (AvgIpc) is 1.59. The van der Waals surface area contributed by atoms with Crippen molar-refractivity contribution in [3.63, 3.8) is 0 Å². The molecule has 0 heterocycles.